The molecule has 0 unspecified atom stereocenters. The van der Waals surface area contributed by atoms with Crippen molar-refractivity contribution >= 4 is 11.9 Å². The molecule has 0 radical (unpaired) electrons. The lowest BCUT2D eigenvalue weighted by atomic mass is 10.0. The van der Waals surface area contributed by atoms with Crippen LogP contribution in [0.2, 0.25) is 0 Å². The summed E-state index contributed by atoms with van der Waals surface area (Å²) in [5.41, 5.74) is 2.18. The summed E-state index contributed by atoms with van der Waals surface area (Å²) in [5, 5.41) is 0. The fraction of sp³-hybridized carbons (Fsp3) is 0.400. The topological polar surface area (TPSA) is 69.7 Å². The van der Waals surface area contributed by atoms with Crippen LogP contribution < -0.4 is 18.9 Å². The van der Waals surface area contributed by atoms with Crippen molar-refractivity contribution in [1.82, 2.24) is 9.80 Å². The number of hydrogen-bond donors (Lipinski definition) is 0. The number of benzene rings is 2. The SMILES string of the molecule is COc1ccc(OC)c(C=C2Oc3c(ccc4c3CN(CCN3CCOCC3)CO4)C2=O)c1. The normalized spacial score (nSPS) is 19.6. The van der Waals surface area contributed by atoms with E-state index in [9.17, 15) is 4.79 Å². The minimum Gasteiger partial charge on any atom is -0.497 e. The molecule has 3 aliphatic rings. The molecule has 3 heterocycles. The largest absolute Gasteiger partial charge is 0.497 e. The Balaban J connectivity index is 1.36. The first-order chi connectivity index (χ1) is 16.2. The zero-order valence-corrected chi connectivity index (χ0v) is 19.0. The summed E-state index contributed by atoms with van der Waals surface area (Å²) in [6, 6.07) is 9.08. The van der Waals surface area contributed by atoms with Gasteiger partial charge in [-0.05, 0) is 36.4 Å². The summed E-state index contributed by atoms with van der Waals surface area (Å²) in [6.07, 6.45) is 1.70. The Morgan fingerprint density at radius 2 is 1.85 bits per heavy atom. The quantitative estimate of drug-likeness (QED) is 0.620. The average molecular weight is 453 g/mol. The average Bonchev–Trinajstić information content (AvgIpc) is 3.18. The van der Waals surface area contributed by atoms with Gasteiger partial charge < -0.3 is 23.7 Å². The van der Waals surface area contributed by atoms with E-state index >= 15 is 0 Å². The first-order valence-electron chi connectivity index (χ1n) is 11.1. The van der Waals surface area contributed by atoms with Crippen LogP contribution in [0.5, 0.6) is 23.0 Å². The lowest BCUT2D eigenvalue weighted by Crippen LogP contribution is -2.43. The number of nitrogens with zero attached hydrogens (tertiary/aromatic N) is 2. The Kier molecular flexibility index (Phi) is 6.22. The highest BCUT2D eigenvalue weighted by atomic mass is 16.5. The number of ether oxygens (including phenoxy) is 5. The van der Waals surface area contributed by atoms with Gasteiger partial charge in [0.05, 0.1) is 38.6 Å². The molecule has 8 nitrogen and oxygen atoms in total. The van der Waals surface area contributed by atoms with Crippen molar-refractivity contribution in [2.24, 2.45) is 0 Å². The van der Waals surface area contributed by atoms with Crippen LogP contribution in [0.15, 0.2) is 36.1 Å². The second kappa shape index (κ2) is 9.43. The van der Waals surface area contributed by atoms with E-state index in [1.165, 1.54) is 0 Å². The van der Waals surface area contributed by atoms with Gasteiger partial charge in [-0.3, -0.25) is 14.6 Å². The summed E-state index contributed by atoms with van der Waals surface area (Å²) in [4.78, 5) is 17.8. The van der Waals surface area contributed by atoms with Gasteiger partial charge in [-0.2, -0.15) is 0 Å². The second-order valence-electron chi connectivity index (χ2n) is 8.25. The maximum Gasteiger partial charge on any atom is 0.231 e. The molecule has 0 bridgehead atoms. The van der Waals surface area contributed by atoms with Gasteiger partial charge in [0.2, 0.25) is 5.78 Å². The van der Waals surface area contributed by atoms with Crippen LogP contribution in [0, 0.1) is 0 Å². The van der Waals surface area contributed by atoms with Gasteiger partial charge in [-0.1, -0.05) is 0 Å². The fourth-order valence-electron chi connectivity index (χ4n) is 4.35. The number of methoxy groups -OCH3 is 2. The minimum absolute atomic E-state index is 0.150. The molecular formula is C25H28N2O6. The van der Waals surface area contributed by atoms with Crippen LogP contribution in [0.25, 0.3) is 6.08 Å². The molecule has 3 aliphatic heterocycles. The highest BCUT2D eigenvalue weighted by Gasteiger charge is 2.34. The molecule has 1 fully saturated rings. The minimum atomic E-state index is -0.150. The van der Waals surface area contributed by atoms with Gasteiger partial charge in [0.25, 0.3) is 0 Å². The van der Waals surface area contributed by atoms with E-state index in [-0.39, 0.29) is 11.5 Å². The van der Waals surface area contributed by atoms with Gasteiger partial charge >= 0.3 is 0 Å². The molecule has 0 aromatic heterocycles. The highest BCUT2D eigenvalue weighted by molar-refractivity contribution is 6.15. The zero-order chi connectivity index (χ0) is 22.8. The smallest absolute Gasteiger partial charge is 0.231 e. The van der Waals surface area contributed by atoms with E-state index in [0.717, 1.165) is 50.7 Å². The van der Waals surface area contributed by atoms with Crippen LogP contribution in [0.4, 0.5) is 0 Å². The highest BCUT2D eigenvalue weighted by Crippen LogP contribution is 2.42. The summed E-state index contributed by atoms with van der Waals surface area (Å²) in [6.45, 7) is 6.52. The third-order valence-corrected chi connectivity index (χ3v) is 6.24. The molecule has 0 atom stereocenters. The van der Waals surface area contributed by atoms with Gasteiger partial charge in [0, 0.05) is 38.3 Å². The Labute approximate surface area is 193 Å². The number of carbonyl (C=O) groups excluding carboxylic acids is 1. The molecule has 0 amide bonds. The number of ketones is 1. The lowest BCUT2D eigenvalue weighted by molar-refractivity contribution is 0.0239. The van der Waals surface area contributed by atoms with Crippen molar-refractivity contribution in [2.45, 2.75) is 6.54 Å². The molecule has 1 saturated heterocycles. The van der Waals surface area contributed by atoms with E-state index in [2.05, 4.69) is 9.80 Å². The fourth-order valence-corrected chi connectivity index (χ4v) is 4.35. The van der Waals surface area contributed by atoms with E-state index in [0.29, 0.717) is 41.7 Å². The van der Waals surface area contributed by atoms with Crippen LogP contribution in [0.3, 0.4) is 0 Å². The third-order valence-electron chi connectivity index (χ3n) is 6.24. The molecule has 5 rings (SSSR count). The summed E-state index contributed by atoms with van der Waals surface area (Å²) >= 11 is 0. The first-order valence-corrected chi connectivity index (χ1v) is 11.1. The molecule has 0 N–H and O–H groups in total. The summed E-state index contributed by atoms with van der Waals surface area (Å²) < 4.78 is 28.3. The van der Waals surface area contributed by atoms with Crippen molar-refractivity contribution < 1.29 is 28.5 Å². The van der Waals surface area contributed by atoms with Crippen molar-refractivity contribution in [3.05, 3.63) is 52.8 Å². The van der Waals surface area contributed by atoms with E-state index < -0.39 is 0 Å². The van der Waals surface area contributed by atoms with Crippen LogP contribution in [0.1, 0.15) is 21.5 Å². The van der Waals surface area contributed by atoms with Crippen molar-refractivity contribution in [3.8, 4) is 23.0 Å². The maximum absolute atomic E-state index is 13.1. The van der Waals surface area contributed by atoms with E-state index in [1.54, 1.807) is 32.4 Å². The molecule has 0 aliphatic carbocycles. The van der Waals surface area contributed by atoms with Gasteiger partial charge in [-0.25, -0.2) is 0 Å². The molecule has 0 saturated carbocycles. The number of allylic oxidation sites excluding steroid dienone is 1. The molecule has 2 aromatic carbocycles. The predicted molar refractivity (Wildman–Crippen MR) is 122 cm³/mol. The zero-order valence-electron chi connectivity index (χ0n) is 19.0. The number of Topliss-reactive ketones (excluding diaryl/α,β-unsaturated/α-hetero) is 1. The third kappa shape index (κ3) is 4.42. The molecule has 174 valence electrons. The molecule has 0 spiro atoms. The Bertz CT molecular complexity index is 1080. The van der Waals surface area contributed by atoms with Gasteiger partial charge in [0.1, 0.15) is 29.7 Å². The van der Waals surface area contributed by atoms with Gasteiger partial charge in [0.15, 0.2) is 5.76 Å². The Hall–Kier alpha value is -3.07. The number of rotatable bonds is 6. The summed E-state index contributed by atoms with van der Waals surface area (Å²) in [7, 11) is 3.19. The van der Waals surface area contributed by atoms with Crippen LogP contribution >= 0.6 is 0 Å². The van der Waals surface area contributed by atoms with Gasteiger partial charge in [-0.15, -0.1) is 0 Å². The number of fused-ring (bicyclic) bond motifs is 3. The molecule has 8 heteroatoms. The standard InChI is InChI=1S/C25H28N2O6/c1-29-18-3-5-21(30-2)17(13-18)14-23-24(28)19-4-6-22-20(25(19)33-23)15-27(16-32-22)8-7-26-9-11-31-12-10-26/h3-6,13-14H,7-12,15-16H2,1-2H3. The monoisotopic (exact) mass is 452 g/mol. The number of carbonyl (C=O) groups is 1. The Morgan fingerprint density at radius 3 is 2.64 bits per heavy atom. The van der Waals surface area contributed by atoms with Crippen LogP contribution in [-0.2, 0) is 11.3 Å². The maximum atomic E-state index is 13.1. The summed E-state index contributed by atoms with van der Waals surface area (Å²) in [5.74, 6) is 2.77. The van der Waals surface area contributed by atoms with Crippen LogP contribution in [-0.4, -0.2) is 75.9 Å². The van der Waals surface area contributed by atoms with Crippen molar-refractivity contribution in [1.29, 1.82) is 0 Å². The molecular weight excluding hydrogens is 424 g/mol. The Morgan fingerprint density at radius 1 is 1.03 bits per heavy atom. The van der Waals surface area contributed by atoms with E-state index in [1.807, 2.05) is 18.2 Å². The van der Waals surface area contributed by atoms with E-state index in [4.69, 9.17) is 23.7 Å². The predicted octanol–water partition coefficient (Wildman–Crippen LogP) is 2.80. The number of hydrogen-bond acceptors (Lipinski definition) is 8. The second-order valence-corrected chi connectivity index (χ2v) is 8.25. The molecule has 33 heavy (non-hydrogen) atoms. The number of morpholine rings is 1. The lowest BCUT2D eigenvalue weighted by Gasteiger charge is -2.33. The first kappa shape index (κ1) is 21.8. The molecule has 2 aromatic rings. The van der Waals surface area contributed by atoms with Crippen molar-refractivity contribution in [3.63, 3.8) is 0 Å². The van der Waals surface area contributed by atoms with Crippen molar-refractivity contribution in [2.75, 3.05) is 60.3 Å².